The fraction of sp³-hybridized carbons (Fsp3) is 0.385. The normalized spacial score (nSPS) is 10.7. The molecule has 0 unspecified atom stereocenters. The van der Waals surface area contributed by atoms with E-state index in [4.69, 9.17) is 0 Å². The number of hydrogen-bond acceptors (Lipinski definition) is 2. The molecule has 2 aromatic rings. The highest BCUT2D eigenvalue weighted by Crippen LogP contribution is 2.17. The molecule has 0 saturated heterocycles. The summed E-state index contributed by atoms with van der Waals surface area (Å²) in [5.41, 5.74) is 5.95. The molecule has 0 aliphatic heterocycles. The van der Waals surface area contributed by atoms with Gasteiger partial charge in [0.1, 0.15) is 0 Å². The van der Waals surface area contributed by atoms with Gasteiger partial charge in [-0.05, 0) is 44.5 Å². The molecule has 0 saturated carbocycles. The highest BCUT2D eigenvalue weighted by molar-refractivity contribution is 7.11. The van der Waals surface area contributed by atoms with E-state index in [0.717, 1.165) is 13.0 Å². The van der Waals surface area contributed by atoms with Crippen molar-refractivity contribution < 1.29 is 0 Å². The van der Waals surface area contributed by atoms with Crippen molar-refractivity contribution in [2.45, 2.75) is 33.7 Å². The number of nitrogens with one attached hydrogen (secondary N) is 1. The summed E-state index contributed by atoms with van der Waals surface area (Å²) in [6.45, 7) is 7.34. The van der Waals surface area contributed by atoms with Crippen LogP contribution >= 0.6 is 11.3 Å². The molecule has 0 aliphatic carbocycles. The van der Waals surface area contributed by atoms with Crippen LogP contribution in [0.2, 0.25) is 0 Å². The molecule has 0 fully saturated rings. The topological polar surface area (TPSA) is 17.0 Å². The summed E-state index contributed by atoms with van der Waals surface area (Å²) in [6, 6.07) is 8.70. The third kappa shape index (κ3) is 2.30. The van der Waals surface area contributed by atoms with Crippen LogP contribution in [-0.4, -0.2) is 4.68 Å². The van der Waals surface area contributed by atoms with Gasteiger partial charge in [0.25, 0.3) is 0 Å². The lowest BCUT2D eigenvalue weighted by molar-refractivity contribution is 0.797. The van der Waals surface area contributed by atoms with Gasteiger partial charge < -0.3 is 5.43 Å². The molecular formula is C13H18N2S. The Morgan fingerprint density at radius 3 is 2.25 bits per heavy atom. The number of nitrogens with zero attached hydrogens (tertiary/aromatic N) is 1. The molecule has 2 aromatic heterocycles. The fourth-order valence-corrected chi connectivity index (χ4v) is 2.67. The summed E-state index contributed by atoms with van der Waals surface area (Å²) in [4.78, 5) is 2.85. The summed E-state index contributed by atoms with van der Waals surface area (Å²) in [7, 11) is 0. The average Bonchev–Trinajstić information content (AvgIpc) is 2.85. The van der Waals surface area contributed by atoms with Gasteiger partial charge in [-0.2, -0.15) is 0 Å². The second kappa shape index (κ2) is 4.74. The lowest BCUT2D eigenvalue weighted by Crippen LogP contribution is -2.16. The summed E-state index contributed by atoms with van der Waals surface area (Å²) in [5, 5.41) is 0. The highest BCUT2D eigenvalue weighted by atomic mass is 32.1. The second-order valence-corrected chi connectivity index (χ2v) is 5.26. The molecule has 0 aromatic carbocycles. The number of aromatic nitrogens is 1. The van der Waals surface area contributed by atoms with E-state index in [1.807, 2.05) is 11.3 Å². The van der Waals surface area contributed by atoms with Crippen molar-refractivity contribution >= 4 is 11.3 Å². The van der Waals surface area contributed by atoms with Crippen molar-refractivity contribution in [2.75, 3.05) is 5.43 Å². The predicted octanol–water partition coefficient (Wildman–Crippen LogP) is 3.47. The van der Waals surface area contributed by atoms with Gasteiger partial charge in [-0.3, -0.25) is 4.68 Å². The maximum Gasteiger partial charge on any atom is 0.0657 e. The number of rotatable bonds is 4. The minimum Gasteiger partial charge on any atom is -0.321 e. The van der Waals surface area contributed by atoms with Crippen molar-refractivity contribution in [1.82, 2.24) is 4.68 Å². The Hall–Kier alpha value is -1.22. The molecule has 2 heterocycles. The molecule has 0 spiro atoms. The predicted molar refractivity (Wildman–Crippen MR) is 70.7 cm³/mol. The Morgan fingerprint density at radius 2 is 1.69 bits per heavy atom. The molecule has 0 bridgehead atoms. The minimum absolute atomic E-state index is 0.904. The maximum absolute atomic E-state index is 3.44. The highest BCUT2D eigenvalue weighted by Gasteiger charge is 2.01. The van der Waals surface area contributed by atoms with E-state index >= 15 is 0 Å². The SMILES string of the molecule is CCc1ccc(CNn2c(C)ccc2C)s1. The van der Waals surface area contributed by atoms with Crippen molar-refractivity contribution in [3.05, 3.63) is 45.4 Å². The number of aryl methyl sites for hydroxylation is 3. The van der Waals surface area contributed by atoms with Crippen LogP contribution in [-0.2, 0) is 13.0 Å². The number of hydrogen-bond donors (Lipinski definition) is 1. The molecule has 2 rings (SSSR count). The lowest BCUT2D eigenvalue weighted by atomic mass is 10.4. The van der Waals surface area contributed by atoms with Gasteiger partial charge in [-0.15, -0.1) is 11.3 Å². The first-order chi connectivity index (χ1) is 7.70. The number of thiophene rings is 1. The van der Waals surface area contributed by atoms with Crippen LogP contribution in [0.15, 0.2) is 24.3 Å². The Bertz CT molecular complexity index is 448. The maximum atomic E-state index is 3.44. The van der Waals surface area contributed by atoms with Crippen LogP contribution in [0.3, 0.4) is 0 Å². The minimum atomic E-state index is 0.904. The van der Waals surface area contributed by atoms with Crippen molar-refractivity contribution in [1.29, 1.82) is 0 Å². The molecule has 0 atom stereocenters. The summed E-state index contributed by atoms with van der Waals surface area (Å²) >= 11 is 1.89. The molecule has 0 radical (unpaired) electrons. The second-order valence-electron chi connectivity index (χ2n) is 4.01. The van der Waals surface area contributed by atoms with Gasteiger partial charge in [0.05, 0.1) is 6.54 Å². The van der Waals surface area contributed by atoms with E-state index in [9.17, 15) is 0 Å². The van der Waals surface area contributed by atoms with Crippen molar-refractivity contribution in [2.24, 2.45) is 0 Å². The summed E-state index contributed by atoms with van der Waals surface area (Å²) in [5.74, 6) is 0. The van der Waals surface area contributed by atoms with Gasteiger partial charge in [-0.1, -0.05) is 6.92 Å². The smallest absolute Gasteiger partial charge is 0.0657 e. The van der Waals surface area contributed by atoms with E-state index in [2.05, 4.69) is 55.1 Å². The van der Waals surface area contributed by atoms with Gasteiger partial charge >= 0.3 is 0 Å². The first kappa shape index (κ1) is 11.3. The average molecular weight is 234 g/mol. The third-order valence-corrected chi connectivity index (χ3v) is 3.98. The fourth-order valence-electron chi connectivity index (χ4n) is 1.78. The van der Waals surface area contributed by atoms with Gasteiger partial charge in [0, 0.05) is 21.1 Å². The van der Waals surface area contributed by atoms with E-state index in [0.29, 0.717) is 0 Å². The van der Waals surface area contributed by atoms with Crippen molar-refractivity contribution in [3.63, 3.8) is 0 Å². The molecule has 0 amide bonds. The Labute approximate surface area is 101 Å². The first-order valence-corrected chi connectivity index (χ1v) is 6.48. The van der Waals surface area contributed by atoms with Gasteiger partial charge in [0.2, 0.25) is 0 Å². The Morgan fingerprint density at radius 1 is 1.06 bits per heavy atom. The Kier molecular flexibility index (Phi) is 3.34. The quantitative estimate of drug-likeness (QED) is 0.857. The molecule has 2 nitrogen and oxygen atoms in total. The van der Waals surface area contributed by atoms with Crippen molar-refractivity contribution in [3.8, 4) is 0 Å². The van der Waals surface area contributed by atoms with Crippen LogP contribution in [0.1, 0.15) is 28.1 Å². The molecule has 16 heavy (non-hydrogen) atoms. The van der Waals surface area contributed by atoms with E-state index < -0.39 is 0 Å². The monoisotopic (exact) mass is 234 g/mol. The molecule has 3 heteroatoms. The van der Waals surface area contributed by atoms with Crippen LogP contribution in [0.25, 0.3) is 0 Å². The van der Waals surface area contributed by atoms with Crippen LogP contribution in [0.4, 0.5) is 0 Å². The van der Waals surface area contributed by atoms with E-state index in [-0.39, 0.29) is 0 Å². The summed E-state index contributed by atoms with van der Waals surface area (Å²) in [6.07, 6.45) is 1.13. The zero-order valence-electron chi connectivity index (χ0n) is 10.1. The first-order valence-electron chi connectivity index (χ1n) is 5.67. The largest absolute Gasteiger partial charge is 0.321 e. The van der Waals surface area contributed by atoms with E-state index in [1.165, 1.54) is 21.1 Å². The standard InChI is InChI=1S/C13H18N2S/c1-4-12-7-8-13(16-12)9-14-15-10(2)5-6-11(15)3/h5-8,14H,4,9H2,1-3H3. The van der Waals surface area contributed by atoms with Gasteiger partial charge in [0.15, 0.2) is 0 Å². The molecular weight excluding hydrogens is 216 g/mol. The van der Waals surface area contributed by atoms with Crippen LogP contribution in [0.5, 0.6) is 0 Å². The van der Waals surface area contributed by atoms with Crippen LogP contribution in [0, 0.1) is 13.8 Å². The molecule has 0 aliphatic rings. The Balaban J connectivity index is 2.02. The summed E-state index contributed by atoms with van der Waals surface area (Å²) < 4.78 is 2.14. The van der Waals surface area contributed by atoms with E-state index in [1.54, 1.807) is 0 Å². The molecule has 86 valence electrons. The third-order valence-electron chi connectivity index (χ3n) is 2.75. The lowest BCUT2D eigenvalue weighted by Gasteiger charge is -2.11. The zero-order chi connectivity index (χ0) is 11.5. The van der Waals surface area contributed by atoms with Gasteiger partial charge in [-0.25, -0.2) is 0 Å². The molecule has 1 N–H and O–H groups in total. The zero-order valence-corrected chi connectivity index (χ0v) is 10.9. The van der Waals surface area contributed by atoms with Crippen LogP contribution < -0.4 is 5.43 Å².